The van der Waals surface area contributed by atoms with Crippen molar-refractivity contribution in [2.75, 3.05) is 13.2 Å². The van der Waals surface area contributed by atoms with E-state index in [1.807, 2.05) is 31.2 Å². The maximum atomic E-state index is 14.2. The van der Waals surface area contributed by atoms with E-state index in [0.717, 1.165) is 16.7 Å². The maximum Gasteiger partial charge on any atom is 0.408 e. The molecule has 9 nitrogen and oxygen atoms in total. The van der Waals surface area contributed by atoms with E-state index in [1.54, 1.807) is 44.8 Å². The standard InChI is InChI=1S/C29H35N3O6/c1-6-37-25(34)23-18-32-26(35)29(30-27(36)38-28(3,4)5,17-20-9-7-19(2)8-10-20)15-16-31(32)24(23)21-11-13-22(33)14-12-21/h7-14,18,24,33H,6,15-17H2,1-5H3,(H,30,36). The van der Waals surface area contributed by atoms with Gasteiger partial charge in [0.25, 0.3) is 5.91 Å². The Morgan fingerprint density at radius 3 is 2.37 bits per heavy atom. The van der Waals surface area contributed by atoms with Crippen LogP contribution >= 0.6 is 0 Å². The number of amides is 2. The zero-order chi connectivity index (χ0) is 27.7. The molecule has 38 heavy (non-hydrogen) atoms. The summed E-state index contributed by atoms with van der Waals surface area (Å²) in [6.45, 7) is 9.54. The highest BCUT2D eigenvalue weighted by Gasteiger charge is 2.53. The summed E-state index contributed by atoms with van der Waals surface area (Å²) < 4.78 is 10.8. The Kier molecular flexibility index (Phi) is 7.51. The van der Waals surface area contributed by atoms with E-state index < -0.39 is 29.2 Å². The lowest BCUT2D eigenvalue weighted by atomic mass is 9.84. The molecule has 0 saturated carbocycles. The molecule has 0 radical (unpaired) electrons. The molecule has 2 aromatic rings. The van der Waals surface area contributed by atoms with Gasteiger partial charge in [0.15, 0.2) is 0 Å². The van der Waals surface area contributed by atoms with Crippen molar-refractivity contribution < 1.29 is 29.0 Å². The van der Waals surface area contributed by atoms with E-state index >= 15 is 0 Å². The van der Waals surface area contributed by atoms with Crippen molar-refractivity contribution in [1.82, 2.24) is 15.3 Å². The zero-order valence-electron chi connectivity index (χ0n) is 22.5. The molecule has 2 amide bonds. The zero-order valence-corrected chi connectivity index (χ0v) is 22.5. The van der Waals surface area contributed by atoms with Crippen LogP contribution in [0.5, 0.6) is 5.75 Å². The molecule has 2 atom stereocenters. The van der Waals surface area contributed by atoms with Gasteiger partial charge in [-0.05, 0) is 64.3 Å². The fourth-order valence-electron chi connectivity index (χ4n) is 4.87. The Balaban J connectivity index is 1.73. The van der Waals surface area contributed by atoms with Crippen molar-refractivity contribution >= 4 is 18.0 Å². The predicted molar refractivity (Wildman–Crippen MR) is 141 cm³/mol. The molecule has 0 bridgehead atoms. The molecule has 2 N–H and O–H groups in total. The number of hydrogen-bond acceptors (Lipinski definition) is 7. The number of hydrogen-bond donors (Lipinski definition) is 2. The number of alkyl carbamates (subject to hydrolysis) is 1. The highest BCUT2D eigenvalue weighted by atomic mass is 16.6. The predicted octanol–water partition coefficient (Wildman–Crippen LogP) is 4.16. The molecular weight excluding hydrogens is 486 g/mol. The highest BCUT2D eigenvalue weighted by Crippen LogP contribution is 2.42. The van der Waals surface area contributed by atoms with Crippen LogP contribution in [-0.2, 0) is 25.5 Å². The Morgan fingerprint density at radius 2 is 1.76 bits per heavy atom. The van der Waals surface area contributed by atoms with E-state index in [-0.39, 0.29) is 31.1 Å². The summed E-state index contributed by atoms with van der Waals surface area (Å²) >= 11 is 0. The van der Waals surface area contributed by atoms with Gasteiger partial charge >= 0.3 is 12.1 Å². The number of aryl methyl sites for hydroxylation is 1. The van der Waals surface area contributed by atoms with Crippen LogP contribution in [0.15, 0.2) is 60.3 Å². The second kappa shape index (κ2) is 10.5. The number of rotatable bonds is 6. The summed E-state index contributed by atoms with van der Waals surface area (Å²) in [5.74, 6) is -0.811. The molecule has 0 aliphatic carbocycles. The topological polar surface area (TPSA) is 108 Å². The van der Waals surface area contributed by atoms with Crippen LogP contribution in [0.2, 0.25) is 0 Å². The van der Waals surface area contributed by atoms with Crippen LogP contribution in [0.1, 0.15) is 56.8 Å². The van der Waals surface area contributed by atoms with E-state index in [9.17, 15) is 19.5 Å². The maximum absolute atomic E-state index is 14.2. The summed E-state index contributed by atoms with van der Waals surface area (Å²) in [5, 5.41) is 15.9. The van der Waals surface area contributed by atoms with Gasteiger partial charge in [0.05, 0.1) is 18.2 Å². The number of nitrogens with one attached hydrogen (secondary N) is 1. The monoisotopic (exact) mass is 521 g/mol. The van der Waals surface area contributed by atoms with Crippen molar-refractivity contribution in [1.29, 1.82) is 0 Å². The Hall–Kier alpha value is -3.85. The quantitative estimate of drug-likeness (QED) is 0.550. The molecule has 2 unspecified atom stereocenters. The average molecular weight is 522 g/mol. The third kappa shape index (κ3) is 5.67. The second-order valence-corrected chi connectivity index (χ2v) is 10.7. The smallest absolute Gasteiger partial charge is 0.408 e. The van der Waals surface area contributed by atoms with Gasteiger partial charge in [0.2, 0.25) is 0 Å². The summed E-state index contributed by atoms with van der Waals surface area (Å²) in [6.07, 6.45) is 1.35. The molecule has 4 rings (SSSR count). The number of carbonyl (C=O) groups is 3. The largest absolute Gasteiger partial charge is 0.508 e. The van der Waals surface area contributed by atoms with Gasteiger partial charge in [-0.2, -0.15) is 0 Å². The molecule has 0 spiro atoms. The minimum Gasteiger partial charge on any atom is -0.508 e. The third-order valence-electron chi connectivity index (χ3n) is 6.60. The summed E-state index contributed by atoms with van der Waals surface area (Å²) in [7, 11) is 0. The number of benzene rings is 2. The number of hydrazine groups is 1. The third-order valence-corrected chi connectivity index (χ3v) is 6.60. The van der Waals surface area contributed by atoms with Crippen LogP contribution in [0.4, 0.5) is 4.79 Å². The lowest BCUT2D eigenvalue weighted by Crippen LogP contribution is -2.67. The van der Waals surface area contributed by atoms with Crippen LogP contribution in [0.3, 0.4) is 0 Å². The normalized spacial score (nSPS) is 21.5. The molecule has 2 aliphatic rings. The molecular formula is C29H35N3O6. The van der Waals surface area contributed by atoms with Crippen molar-refractivity contribution in [3.63, 3.8) is 0 Å². The number of fused-ring (bicyclic) bond motifs is 1. The van der Waals surface area contributed by atoms with Gasteiger partial charge in [0, 0.05) is 19.2 Å². The number of phenolic OH excluding ortho intramolecular Hbond substituents is 1. The average Bonchev–Trinajstić information content (AvgIpc) is 3.23. The SMILES string of the molecule is CCOC(=O)C1=CN2C(=O)C(Cc3ccc(C)cc3)(NC(=O)OC(C)(C)C)CCN2C1c1ccc(O)cc1. The molecule has 202 valence electrons. The van der Waals surface area contributed by atoms with Gasteiger partial charge in [-0.1, -0.05) is 42.0 Å². The van der Waals surface area contributed by atoms with E-state index in [4.69, 9.17) is 9.47 Å². The van der Waals surface area contributed by atoms with Gasteiger partial charge in [-0.25, -0.2) is 19.6 Å². The number of phenols is 1. The number of ether oxygens (including phenoxy) is 2. The van der Waals surface area contributed by atoms with Gasteiger partial charge in [-0.3, -0.25) is 4.79 Å². The van der Waals surface area contributed by atoms with Crippen molar-refractivity contribution in [3.05, 3.63) is 77.0 Å². The minimum absolute atomic E-state index is 0.0960. The molecule has 0 aromatic heterocycles. The highest BCUT2D eigenvalue weighted by molar-refractivity contribution is 5.96. The first-order valence-corrected chi connectivity index (χ1v) is 12.8. The second-order valence-electron chi connectivity index (χ2n) is 10.7. The fourth-order valence-corrected chi connectivity index (χ4v) is 4.87. The van der Waals surface area contributed by atoms with Crippen molar-refractivity contribution in [3.8, 4) is 5.75 Å². The van der Waals surface area contributed by atoms with Gasteiger partial charge in [-0.15, -0.1) is 0 Å². The summed E-state index contributed by atoms with van der Waals surface area (Å²) in [5.41, 5.74) is 0.958. The van der Waals surface area contributed by atoms with Crippen LogP contribution in [0, 0.1) is 6.92 Å². The van der Waals surface area contributed by atoms with Crippen LogP contribution < -0.4 is 5.32 Å². The Bertz CT molecular complexity index is 1230. The summed E-state index contributed by atoms with van der Waals surface area (Å²) in [6, 6.07) is 13.7. The van der Waals surface area contributed by atoms with Gasteiger partial charge < -0.3 is 19.9 Å². The summed E-state index contributed by atoms with van der Waals surface area (Å²) in [4.78, 5) is 40.2. The van der Waals surface area contributed by atoms with Gasteiger partial charge in [0.1, 0.15) is 16.9 Å². The van der Waals surface area contributed by atoms with Crippen LogP contribution in [-0.4, -0.2) is 57.4 Å². The Labute approximate surface area is 223 Å². The number of nitrogens with zero attached hydrogens (tertiary/aromatic N) is 2. The fraction of sp³-hybridized carbons (Fsp3) is 0.414. The number of esters is 1. The van der Waals surface area contributed by atoms with Crippen molar-refractivity contribution in [2.24, 2.45) is 0 Å². The molecule has 2 aromatic carbocycles. The minimum atomic E-state index is -1.30. The van der Waals surface area contributed by atoms with Crippen molar-refractivity contribution in [2.45, 2.75) is 64.6 Å². The molecule has 2 aliphatic heterocycles. The van der Waals surface area contributed by atoms with E-state index in [0.29, 0.717) is 12.1 Å². The van der Waals surface area contributed by atoms with E-state index in [1.165, 1.54) is 23.3 Å². The first-order chi connectivity index (χ1) is 17.9. The number of aromatic hydroxyl groups is 1. The number of carbonyl (C=O) groups excluding carboxylic acids is 3. The molecule has 1 fully saturated rings. The molecule has 2 heterocycles. The first kappa shape index (κ1) is 27.2. The van der Waals surface area contributed by atoms with Crippen LogP contribution in [0.25, 0.3) is 0 Å². The Morgan fingerprint density at radius 1 is 1.11 bits per heavy atom. The van der Waals surface area contributed by atoms with E-state index in [2.05, 4.69) is 5.32 Å². The lowest BCUT2D eigenvalue weighted by Gasteiger charge is -2.46. The molecule has 9 heteroatoms. The lowest BCUT2D eigenvalue weighted by molar-refractivity contribution is -0.159. The molecule has 1 saturated heterocycles. The first-order valence-electron chi connectivity index (χ1n) is 12.8.